The van der Waals surface area contributed by atoms with Crippen LogP contribution in [0.15, 0.2) is 17.8 Å². The van der Waals surface area contributed by atoms with Crippen molar-refractivity contribution < 1.29 is 62.1 Å². The number of aliphatic hydroxyl groups is 1. The molecule has 0 aromatic carbocycles. The molecule has 17 heteroatoms. The number of carbonyl (C=O) groups is 3. The van der Waals surface area contributed by atoms with Gasteiger partial charge >= 0.3 is 11.9 Å². The van der Waals surface area contributed by atoms with Crippen LogP contribution in [0.4, 0.5) is 0 Å². The Hall–Kier alpha value is -2.87. The summed E-state index contributed by atoms with van der Waals surface area (Å²) in [4.78, 5) is 42.9. The van der Waals surface area contributed by atoms with E-state index in [1.54, 1.807) is 32.2 Å². The zero-order valence-corrected chi connectivity index (χ0v) is 38.8. The second-order valence-electron chi connectivity index (χ2n) is 19.1. The standard InChI is InChI=1S/C46H72N4O13/c1-11-28-13-12-14-36(63-38-16-15-35(49(6)7)24(3)59-38)23(2)41(53)34-19-31-30-17-29(62-46-45(57-10)44(56-9)43(55-8)25(4)60-46)18-33(30)40(42(54)39(31)32(34)20-37(52)61-28)50-21-27(47-48-50)22-58-26(5)51/h19,21,23-25,28-33,35-36,38-40,42-46,54H,11-18,20,22H2,1-10H3/t23-,24?,25?,28+,29+,30+,31+,32-,33-,35+,36+,38+,39-,40?,42?,43+,44?,45+,46+/m1/s1. The van der Waals surface area contributed by atoms with E-state index in [2.05, 4.69) is 42.3 Å². The van der Waals surface area contributed by atoms with E-state index in [1.165, 1.54) is 6.92 Å². The van der Waals surface area contributed by atoms with Crippen LogP contribution >= 0.6 is 0 Å². The van der Waals surface area contributed by atoms with Crippen molar-refractivity contribution in [1.29, 1.82) is 0 Å². The molecular weight excluding hydrogens is 817 g/mol. The van der Waals surface area contributed by atoms with Gasteiger partial charge in [0.2, 0.25) is 0 Å². The lowest BCUT2D eigenvalue weighted by atomic mass is 9.62. The van der Waals surface area contributed by atoms with Crippen molar-refractivity contribution in [3.63, 3.8) is 0 Å². The second-order valence-corrected chi connectivity index (χ2v) is 19.1. The first kappa shape index (κ1) is 48.1. The molecule has 3 aliphatic heterocycles. The summed E-state index contributed by atoms with van der Waals surface area (Å²) in [7, 11) is 8.95. The van der Waals surface area contributed by atoms with E-state index < -0.39 is 66.8 Å². The number of cyclic esters (lactones) is 1. The van der Waals surface area contributed by atoms with Gasteiger partial charge in [-0.3, -0.25) is 14.4 Å². The molecule has 3 aliphatic carbocycles. The van der Waals surface area contributed by atoms with Gasteiger partial charge in [-0.05, 0) is 103 Å². The first-order valence-corrected chi connectivity index (χ1v) is 23.2. The highest BCUT2D eigenvalue weighted by Crippen LogP contribution is 2.60. The van der Waals surface area contributed by atoms with Crippen LogP contribution in [0.2, 0.25) is 0 Å². The van der Waals surface area contributed by atoms with Crippen LogP contribution in [0.1, 0.15) is 104 Å². The van der Waals surface area contributed by atoms with Gasteiger partial charge in [0, 0.05) is 52.0 Å². The van der Waals surface area contributed by atoms with Crippen LogP contribution in [-0.2, 0) is 63.6 Å². The number of esters is 2. The van der Waals surface area contributed by atoms with Crippen LogP contribution in [0, 0.1) is 35.5 Å². The van der Waals surface area contributed by atoms with Crippen molar-refractivity contribution >= 4 is 17.7 Å². The molecule has 354 valence electrons. The predicted molar refractivity (Wildman–Crippen MR) is 226 cm³/mol. The quantitative estimate of drug-likeness (QED) is 0.294. The summed E-state index contributed by atoms with van der Waals surface area (Å²) in [6.45, 7) is 9.20. The number of Topliss-reactive ketones (excluding diaryl/α,β-unsaturated/α-hetero) is 1. The van der Waals surface area contributed by atoms with Crippen LogP contribution in [-0.4, -0.2) is 152 Å². The van der Waals surface area contributed by atoms with Gasteiger partial charge < -0.3 is 52.6 Å². The fraction of sp³-hybridized carbons (Fsp3) is 0.848. The lowest BCUT2D eigenvalue weighted by Crippen LogP contribution is -2.59. The highest BCUT2D eigenvalue weighted by atomic mass is 16.7. The van der Waals surface area contributed by atoms with Gasteiger partial charge in [-0.2, -0.15) is 0 Å². The van der Waals surface area contributed by atoms with Gasteiger partial charge in [-0.25, -0.2) is 4.68 Å². The summed E-state index contributed by atoms with van der Waals surface area (Å²) in [5, 5.41) is 21.6. The summed E-state index contributed by atoms with van der Waals surface area (Å²) in [5.41, 5.74) is 0.971. The highest BCUT2D eigenvalue weighted by molar-refractivity contribution is 5.99. The Morgan fingerprint density at radius 3 is 2.33 bits per heavy atom. The summed E-state index contributed by atoms with van der Waals surface area (Å²) in [6.07, 6.45) is 3.99. The van der Waals surface area contributed by atoms with Crippen LogP contribution in [0.25, 0.3) is 0 Å². The average Bonchev–Trinajstić information content (AvgIpc) is 3.98. The third-order valence-corrected chi connectivity index (χ3v) is 15.1. The maximum atomic E-state index is 15.1. The second kappa shape index (κ2) is 20.7. The molecule has 0 bridgehead atoms. The number of rotatable bonds is 12. The van der Waals surface area contributed by atoms with Crippen LogP contribution < -0.4 is 0 Å². The molecule has 0 spiro atoms. The van der Waals surface area contributed by atoms with E-state index in [1.807, 2.05) is 20.8 Å². The minimum absolute atomic E-state index is 0.0357. The largest absolute Gasteiger partial charge is 0.462 e. The summed E-state index contributed by atoms with van der Waals surface area (Å²) < 4.78 is 57.0. The molecule has 0 amide bonds. The fourth-order valence-electron chi connectivity index (χ4n) is 12.0. The number of methoxy groups -OCH3 is 3. The number of carbonyl (C=O) groups excluding carboxylic acids is 3. The van der Waals surface area contributed by atoms with E-state index in [-0.39, 0.29) is 79.1 Å². The predicted octanol–water partition coefficient (Wildman–Crippen LogP) is 4.19. The Morgan fingerprint density at radius 1 is 0.937 bits per heavy atom. The number of fused-ring (bicyclic) bond motifs is 5. The number of hydrogen-bond acceptors (Lipinski definition) is 16. The number of allylic oxidation sites excluding steroid dienone is 2. The molecule has 4 heterocycles. The molecular formula is C46H72N4O13. The number of likely N-dealkylation sites (N-methyl/N-ethyl adjacent to an activating group) is 1. The molecule has 5 fully saturated rings. The minimum Gasteiger partial charge on any atom is -0.462 e. The van der Waals surface area contributed by atoms with E-state index in [0.717, 1.165) is 19.3 Å². The lowest BCUT2D eigenvalue weighted by Gasteiger charge is -2.46. The van der Waals surface area contributed by atoms with Gasteiger partial charge in [-0.1, -0.05) is 25.1 Å². The first-order valence-electron chi connectivity index (χ1n) is 23.2. The Morgan fingerprint density at radius 2 is 1.67 bits per heavy atom. The van der Waals surface area contributed by atoms with Gasteiger partial charge in [0.15, 0.2) is 18.4 Å². The van der Waals surface area contributed by atoms with Crippen molar-refractivity contribution in [3.05, 3.63) is 23.5 Å². The molecule has 6 aliphatic rings. The number of aromatic nitrogens is 3. The molecule has 7 rings (SSSR count). The van der Waals surface area contributed by atoms with Crippen molar-refractivity contribution in [1.82, 2.24) is 19.9 Å². The van der Waals surface area contributed by atoms with Crippen LogP contribution in [0.5, 0.6) is 0 Å². The Bertz CT molecular complexity index is 1760. The Kier molecular flexibility index (Phi) is 15.8. The molecule has 1 aromatic heterocycles. The topological polar surface area (TPSA) is 188 Å². The molecule has 17 nitrogen and oxygen atoms in total. The SMILES string of the molecule is CC[C@H]1CCC[C@H](O[C@H]2CC[C@H](N(C)C)C(C)O2)[C@@H](C)C(=O)C2=C[C@H]3[C@@H]4C[C@H](O[C@@H]5OC(C)[C@H](OC)C(OC)[C@@H]5OC)C[C@H]4C(n4cc(COC(C)=O)nn4)C(O)[C@H]3[C@@H]2CC(=O)O1. The first-order chi connectivity index (χ1) is 30.2. The molecule has 0 radical (unpaired) electrons. The zero-order valence-electron chi connectivity index (χ0n) is 38.8. The van der Waals surface area contributed by atoms with Gasteiger partial charge in [0.1, 0.15) is 36.7 Å². The van der Waals surface area contributed by atoms with E-state index in [4.69, 9.17) is 42.6 Å². The monoisotopic (exact) mass is 889 g/mol. The molecule has 1 aromatic rings. The summed E-state index contributed by atoms with van der Waals surface area (Å²) >= 11 is 0. The molecule has 1 N–H and O–H groups in total. The van der Waals surface area contributed by atoms with Gasteiger partial charge in [0.25, 0.3) is 0 Å². The lowest BCUT2D eigenvalue weighted by molar-refractivity contribution is -0.314. The minimum atomic E-state index is -1.05. The van der Waals surface area contributed by atoms with Gasteiger partial charge in [-0.15, -0.1) is 5.10 Å². The van der Waals surface area contributed by atoms with Crippen molar-refractivity contribution in [2.24, 2.45) is 35.5 Å². The fourth-order valence-corrected chi connectivity index (χ4v) is 12.0. The maximum Gasteiger partial charge on any atom is 0.306 e. The van der Waals surface area contributed by atoms with Gasteiger partial charge in [0.05, 0.1) is 49.2 Å². The Balaban J connectivity index is 1.22. The molecule has 3 saturated heterocycles. The van der Waals surface area contributed by atoms with Crippen molar-refractivity contribution in [3.8, 4) is 0 Å². The van der Waals surface area contributed by atoms with E-state index in [9.17, 15) is 14.7 Å². The number of aliphatic hydroxyl groups excluding tert-OH is 1. The summed E-state index contributed by atoms with van der Waals surface area (Å²) in [6, 6.07) is -0.331. The highest BCUT2D eigenvalue weighted by Gasteiger charge is 2.60. The number of ether oxygens (including phenoxy) is 9. The third kappa shape index (κ3) is 10.1. The number of nitrogens with zero attached hydrogens (tertiary/aromatic N) is 4. The summed E-state index contributed by atoms with van der Waals surface area (Å²) in [5.74, 6) is -3.15. The molecule has 19 atom stereocenters. The number of hydrogen-bond donors (Lipinski definition) is 1. The van der Waals surface area contributed by atoms with E-state index >= 15 is 4.79 Å². The van der Waals surface area contributed by atoms with E-state index in [0.29, 0.717) is 43.4 Å². The van der Waals surface area contributed by atoms with Crippen LogP contribution in [0.3, 0.4) is 0 Å². The third-order valence-electron chi connectivity index (χ3n) is 15.1. The zero-order chi connectivity index (χ0) is 45.3. The maximum absolute atomic E-state index is 15.1. The molecule has 5 unspecified atom stereocenters. The Labute approximate surface area is 372 Å². The molecule has 2 saturated carbocycles. The normalized spacial score (nSPS) is 42.3. The van der Waals surface area contributed by atoms with Crippen molar-refractivity contribution in [2.75, 3.05) is 35.4 Å². The average molecular weight is 889 g/mol. The van der Waals surface area contributed by atoms with Crippen molar-refractivity contribution in [2.45, 2.75) is 179 Å². The smallest absolute Gasteiger partial charge is 0.306 e. The number of ketones is 1. The molecule has 63 heavy (non-hydrogen) atoms.